The summed E-state index contributed by atoms with van der Waals surface area (Å²) >= 11 is 14.1. The second-order valence-corrected chi connectivity index (χ2v) is 11.3. The molecule has 0 radical (unpaired) electrons. The van der Waals surface area contributed by atoms with Gasteiger partial charge < -0.3 is 18.9 Å². The van der Waals surface area contributed by atoms with Crippen molar-refractivity contribution < 1.29 is 23.7 Å². The number of nitrogens with zero attached hydrogens (tertiary/aromatic N) is 2. The highest BCUT2D eigenvalue weighted by Gasteiger charge is 2.34. The number of carbonyl (C=O) groups is 1. The standard InChI is InChI=1S/C32H28Cl2N2O6S/c1-5-41-31(38)27-18(2)35-32-36(28(27)20-11-12-24(39-3)25(14-20)40-4)30(37)26(43-32)15-21-13-22(33)16-23(34)29(21)42-17-19-9-7-6-8-10-19/h6-16,28H,5,17H2,1-4H3/b26-15+/t28-/m1/s1. The Balaban J connectivity index is 1.68. The van der Waals surface area contributed by atoms with Crippen molar-refractivity contribution in [2.75, 3.05) is 20.8 Å². The van der Waals surface area contributed by atoms with Crippen molar-refractivity contribution in [2.45, 2.75) is 26.5 Å². The Labute approximate surface area is 262 Å². The van der Waals surface area contributed by atoms with E-state index in [-0.39, 0.29) is 24.3 Å². The maximum atomic E-state index is 14.1. The molecule has 0 spiro atoms. The van der Waals surface area contributed by atoms with Crippen LogP contribution in [0.25, 0.3) is 6.08 Å². The van der Waals surface area contributed by atoms with Crippen LogP contribution in [0.4, 0.5) is 0 Å². The van der Waals surface area contributed by atoms with E-state index in [9.17, 15) is 9.59 Å². The van der Waals surface area contributed by atoms with Gasteiger partial charge in [0.2, 0.25) is 0 Å². The molecule has 0 saturated heterocycles. The van der Waals surface area contributed by atoms with Crippen LogP contribution in [-0.2, 0) is 16.1 Å². The molecule has 1 aromatic heterocycles. The van der Waals surface area contributed by atoms with E-state index >= 15 is 0 Å². The highest BCUT2D eigenvalue weighted by atomic mass is 35.5. The highest BCUT2D eigenvalue weighted by molar-refractivity contribution is 7.07. The third kappa shape index (κ3) is 6.20. The first-order valence-corrected chi connectivity index (χ1v) is 14.9. The van der Waals surface area contributed by atoms with Gasteiger partial charge in [0, 0.05) is 10.6 Å². The highest BCUT2D eigenvalue weighted by Crippen LogP contribution is 2.37. The molecule has 8 nitrogen and oxygen atoms in total. The van der Waals surface area contributed by atoms with Gasteiger partial charge in [-0.2, -0.15) is 0 Å². The van der Waals surface area contributed by atoms with Crippen LogP contribution in [0, 0.1) is 0 Å². The average molecular weight is 640 g/mol. The Bertz CT molecular complexity index is 1900. The smallest absolute Gasteiger partial charge is 0.338 e. The summed E-state index contributed by atoms with van der Waals surface area (Å²) in [6.45, 7) is 3.89. The molecule has 1 atom stereocenters. The van der Waals surface area contributed by atoms with Crippen LogP contribution in [0.5, 0.6) is 17.2 Å². The molecule has 1 aliphatic heterocycles. The Morgan fingerprint density at radius 3 is 2.49 bits per heavy atom. The average Bonchev–Trinajstić information content (AvgIpc) is 3.29. The minimum atomic E-state index is -0.825. The zero-order valence-electron chi connectivity index (χ0n) is 23.9. The van der Waals surface area contributed by atoms with Crippen molar-refractivity contribution in [3.8, 4) is 17.2 Å². The quantitative estimate of drug-likeness (QED) is 0.219. The van der Waals surface area contributed by atoms with Gasteiger partial charge >= 0.3 is 5.97 Å². The number of hydrogen-bond acceptors (Lipinski definition) is 8. The van der Waals surface area contributed by atoms with E-state index in [0.29, 0.717) is 53.5 Å². The van der Waals surface area contributed by atoms with E-state index in [0.717, 1.165) is 5.56 Å². The first-order chi connectivity index (χ1) is 20.7. The van der Waals surface area contributed by atoms with Crippen LogP contribution in [-0.4, -0.2) is 31.4 Å². The van der Waals surface area contributed by atoms with Gasteiger partial charge in [0.1, 0.15) is 12.4 Å². The summed E-state index contributed by atoms with van der Waals surface area (Å²) in [6, 6.07) is 17.4. The number of esters is 1. The fourth-order valence-electron chi connectivity index (χ4n) is 4.84. The summed E-state index contributed by atoms with van der Waals surface area (Å²) in [5.41, 5.74) is 2.45. The van der Waals surface area contributed by atoms with Gasteiger partial charge in [-0.25, -0.2) is 9.79 Å². The lowest BCUT2D eigenvalue weighted by Crippen LogP contribution is -2.40. The topological polar surface area (TPSA) is 88.4 Å². The largest absolute Gasteiger partial charge is 0.493 e. The molecule has 1 aliphatic rings. The first kappa shape index (κ1) is 30.4. The van der Waals surface area contributed by atoms with Gasteiger partial charge in [-0.3, -0.25) is 9.36 Å². The number of ether oxygens (including phenoxy) is 4. The SMILES string of the molecule is CCOC(=O)C1=C(C)N=c2s/c(=C/c3cc(Cl)cc(Cl)c3OCc3ccccc3)c(=O)n2[C@@H]1c1ccc(OC)c(OC)c1. The molecule has 0 amide bonds. The van der Waals surface area contributed by atoms with Gasteiger partial charge in [0.15, 0.2) is 16.3 Å². The van der Waals surface area contributed by atoms with E-state index in [2.05, 4.69) is 4.99 Å². The van der Waals surface area contributed by atoms with Gasteiger partial charge in [-0.15, -0.1) is 0 Å². The summed E-state index contributed by atoms with van der Waals surface area (Å²) in [7, 11) is 3.06. The maximum absolute atomic E-state index is 14.1. The Morgan fingerprint density at radius 1 is 1.05 bits per heavy atom. The van der Waals surface area contributed by atoms with Crippen molar-refractivity contribution in [3.05, 3.63) is 118 Å². The lowest BCUT2D eigenvalue weighted by molar-refractivity contribution is -0.139. The number of halogens is 2. The number of aromatic nitrogens is 1. The molecule has 0 unspecified atom stereocenters. The van der Waals surface area contributed by atoms with E-state index in [1.54, 1.807) is 50.3 Å². The number of carbonyl (C=O) groups excluding carboxylic acids is 1. The van der Waals surface area contributed by atoms with E-state index in [4.69, 9.17) is 42.1 Å². The first-order valence-electron chi connectivity index (χ1n) is 13.3. The number of methoxy groups -OCH3 is 2. The number of fused-ring (bicyclic) bond motifs is 1. The van der Waals surface area contributed by atoms with Crippen molar-refractivity contribution >= 4 is 46.6 Å². The zero-order valence-corrected chi connectivity index (χ0v) is 26.2. The monoisotopic (exact) mass is 638 g/mol. The second-order valence-electron chi connectivity index (χ2n) is 9.50. The number of thiazole rings is 1. The molecule has 0 aliphatic carbocycles. The van der Waals surface area contributed by atoms with Crippen LogP contribution < -0.4 is 29.1 Å². The van der Waals surface area contributed by atoms with Crippen LogP contribution in [0.2, 0.25) is 10.0 Å². The lowest BCUT2D eigenvalue weighted by atomic mass is 9.95. The van der Waals surface area contributed by atoms with E-state index in [1.165, 1.54) is 30.1 Å². The zero-order chi connectivity index (χ0) is 30.7. The van der Waals surface area contributed by atoms with Gasteiger partial charge in [0.05, 0.1) is 47.7 Å². The Hall–Kier alpha value is -4.05. The number of allylic oxidation sites excluding steroid dienone is 1. The molecule has 222 valence electrons. The molecule has 0 bridgehead atoms. The second kappa shape index (κ2) is 13.1. The maximum Gasteiger partial charge on any atom is 0.338 e. The van der Waals surface area contributed by atoms with Crippen molar-refractivity contribution in [1.82, 2.24) is 4.57 Å². The molecule has 0 fully saturated rings. The molecule has 43 heavy (non-hydrogen) atoms. The van der Waals surface area contributed by atoms with E-state index < -0.39 is 12.0 Å². The fourth-order valence-corrected chi connectivity index (χ4v) is 6.44. The fraction of sp³-hybridized carbons (Fsp3) is 0.219. The molecule has 4 aromatic rings. The minimum Gasteiger partial charge on any atom is -0.493 e. The summed E-state index contributed by atoms with van der Waals surface area (Å²) in [5.74, 6) is 0.795. The predicted octanol–water partition coefficient (Wildman–Crippen LogP) is 5.70. The molecule has 3 aromatic carbocycles. The van der Waals surface area contributed by atoms with Gasteiger partial charge in [-0.1, -0.05) is 70.9 Å². The molecule has 11 heteroatoms. The normalized spacial score (nSPS) is 14.7. The third-order valence-corrected chi connectivity index (χ3v) is 8.27. The van der Waals surface area contributed by atoms with Gasteiger partial charge in [0.25, 0.3) is 5.56 Å². The summed E-state index contributed by atoms with van der Waals surface area (Å²) in [6.07, 6.45) is 1.68. The van der Waals surface area contributed by atoms with E-state index in [1.807, 2.05) is 30.3 Å². The van der Waals surface area contributed by atoms with Crippen LogP contribution in [0.1, 0.15) is 36.6 Å². The predicted molar refractivity (Wildman–Crippen MR) is 167 cm³/mol. The van der Waals surface area contributed by atoms with Crippen LogP contribution in [0.15, 0.2) is 81.7 Å². The summed E-state index contributed by atoms with van der Waals surface area (Å²) < 4.78 is 24.3. The number of hydrogen-bond donors (Lipinski definition) is 0. The summed E-state index contributed by atoms with van der Waals surface area (Å²) in [5, 5.41) is 0.700. The van der Waals surface area contributed by atoms with Crippen molar-refractivity contribution in [3.63, 3.8) is 0 Å². The molecule has 0 N–H and O–H groups in total. The third-order valence-electron chi connectivity index (χ3n) is 6.79. The molecular formula is C32H28Cl2N2O6S. The summed E-state index contributed by atoms with van der Waals surface area (Å²) in [4.78, 5) is 32.4. The molecular weight excluding hydrogens is 611 g/mol. The molecule has 5 rings (SSSR count). The Kier molecular flexibility index (Phi) is 9.25. The molecule has 2 heterocycles. The van der Waals surface area contributed by atoms with Crippen molar-refractivity contribution in [1.29, 1.82) is 0 Å². The van der Waals surface area contributed by atoms with Crippen molar-refractivity contribution in [2.24, 2.45) is 4.99 Å². The lowest BCUT2D eigenvalue weighted by Gasteiger charge is -2.25. The van der Waals surface area contributed by atoms with Gasteiger partial charge in [-0.05, 0) is 55.3 Å². The number of benzene rings is 3. The minimum absolute atomic E-state index is 0.167. The molecule has 0 saturated carbocycles. The number of rotatable bonds is 9. The van der Waals surface area contributed by atoms with Crippen LogP contribution in [0.3, 0.4) is 0 Å². The Morgan fingerprint density at radius 2 is 1.79 bits per heavy atom. The van der Waals surface area contributed by atoms with Crippen LogP contribution >= 0.6 is 34.5 Å².